The second-order valence-corrected chi connectivity index (χ2v) is 7.74. The van der Waals surface area contributed by atoms with Crippen LogP contribution in [0.4, 0.5) is 0 Å². The summed E-state index contributed by atoms with van der Waals surface area (Å²) in [5, 5.41) is 8.90. The van der Waals surface area contributed by atoms with Gasteiger partial charge in [-0.05, 0) is 66.1 Å². The van der Waals surface area contributed by atoms with Gasteiger partial charge in [0.1, 0.15) is 11.5 Å². The van der Waals surface area contributed by atoms with Gasteiger partial charge in [-0.1, -0.05) is 63.3 Å². The minimum atomic E-state index is -0.404. The van der Waals surface area contributed by atoms with E-state index in [0.717, 1.165) is 23.3 Å². The van der Waals surface area contributed by atoms with E-state index in [2.05, 4.69) is 13.0 Å². The van der Waals surface area contributed by atoms with E-state index in [4.69, 9.17) is 14.7 Å². The molecule has 0 saturated carbocycles. The molecule has 0 spiro atoms. The summed E-state index contributed by atoms with van der Waals surface area (Å²) in [6.07, 6.45) is 7.36. The quantitative estimate of drug-likeness (QED) is 0.185. The smallest absolute Gasteiger partial charge is 0.343 e. The highest BCUT2D eigenvalue weighted by Gasteiger charge is 2.09. The fourth-order valence-electron chi connectivity index (χ4n) is 3.38. The van der Waals surface area contributed by atoms with E-state index < -0.39 is 5.97 Å². The zero-order chi connectivity index (χ0) is 22.6. The Bertz CT molecular complexity index is 1020. The molecule has 0 N–H and O–H groups in total. The first-order chi connectivity index (χ1) is 15.7. The Labute approximate surface area is 190 Å². The Morgan fingerprint density at radius 1 is 0.750 bits per heavy atom. The van der Waals surface area contributed by atoms with Crippen LogP contribution in [0.2, 0.25) is 0 Å². The van der Waals surface area contributed by atoms with Gasteiger partial charge in [0.15, 0.2) is 0 Å². The van der Waals surface area contributed by atoms with Crippen molar-refractivity contribution < 1.29 is 14.3 Å². The predicted molar refractivity (Wildman–Crippen MR) is 127 cm³/mol. The average molecular weight is 428 g/mol. The van der Waals surface area contributed by atoms with Crippen molar-refractivity contribution in [1.82, 2.24) is 0 Å². The fraction of sp³-hybridized carbons (Fsp3) is 0.286. The molecular formula is C28H29NO3. The molecule has 0 saturated heterocycles. The molecule has 0 aliphatic carbocycles. The molecule has 32 heavy (non-hydrogen) atoms. The van der Waals surface area contributed by atoms with Gasteiger partial charge in [-0.3, -0.25) is 0 Å². The van der Waals surface area contributed by atoms with Crippen molar-refractivity contribution in [2.24, 2.45) is 0 Å². The molecule has 164 valence electrons. The summed E-state index contributed by atoms with van der Waals surface area (Å²) in [5.74, 6) is 0.844. The maximum absolute atomic E-state index is 12.4. The number of nitriles is 1. The summed E-state index contributed by atoms with van der Waals surface area (Å²) in [4.78, 5) is 12.4. The van der Waals surface area contributed by atoms with E-state index in [1.54, 1.807) is 36.4 Å². The van der Waals surface area contributed by atoms with Gasteiger partial charge in [-0.2, -0.15) is 5.26 Å². The van der Waals surface area contributed by atoms with Gasteiger partial charge >= 0.3 is 5.97 Å². The van der Waals surface area contributed by atoms with Crippen LogP contribution in [0.5, 0.6) is 11.5 Å². The Kier molecular flexibility index (Phi) is 8.89. The van der Waals surface area contributed by atoms with Gasteiger partial charge in [-0.15, -0.1) is 0 Å². The van der Waals surface area contributed by atoms with Crippen LogP contribution in [0.3, 0.4) is 0 Å². The lowest BCUT2D eigenvalue weighted by atomic mass is 10.0. The first-order valence-corrected chi connectivity index (χ1v) is 11.2. The molecule has 4 heteroatoms. The highest BCUT2D eigenvalue weighted by Crippen LogP contribution is 2.23. The third-order valence-corrected chi connectivity index (χ3v) is 5.27. The number of benzene rings is 3. The second kappa shape index (κ2) is 12.3. The zero-order valence-corrected chi connectivity index (χ0v) is 18.5. The maximum Gasteiger partial charge on any atom is 0.343 e. The molecule has 0 heterocycles. The van der Waals surface area contributed by atoms with Crippen LogP contribution in [0, 0.1) is 11.3 Å². The van der Waals surface area contributed by atoms with Gasteiger partial charge in [0.25, 0.3) is 0 Å². The molecule has 0 radical (unpaired) electrons. The topological polar surface area (TPSA) is 59.3 Å². The first kappa shape index (κ1) is 23.1. The molecule has 0 aromatic heterocycles. The van der Waals surface area contributed by atoms with E-state index >= 15 is 0 Å². The molecule has 4 nitrogen and oxygen atoms in total. The van der Waals surface area contributed by atoms with Crippen molar-refractivity contribution in [2.75, 3.05) is 6.61 Å². The van der Waals surface area contributed by atoms with Crippen LogP contribution in [-0.4, -0.2) is 12.6 Å². The molecule has 3 aromatic carbocycles. The molecule has 0 atom stereocenters. The monoisotopic (exact) mass is 427 g/mol. The average Bonchev–Trinajstić information content (AvgIpc) is 2.84. The van der Waals surface area contributed by atoms with Crippen LogP contribution < -0.4 is 9.47 Å². The molecule has 0 aliphatic heterocycles. The lowest BCUT2D eigenvalue weighted by molar-refractivity contribution is 0.0734. The molecule has 0 bridgehead atoms. The summed E-state index contributed by atoms with van der Waals surface area (Å²) >= 11 is 0. The van der Waals surface area contributed by atoms with Crippen LogP contribution in [0.15, 0.2) is 72.8 Å². The standard InChI is InChI=1S/C28H29NO3/c1-2-3-4-5-6-7-20-31-26-16-14-25(15-17-26)28(30)32-27-18-12-24(13-19-27)23-10-8-22(21-29)9-11-23/h8-19H,2-7,20H2,1H3. The third kappa shape index (κ3) is 6.99. The number of esters is 1. The highest BCUT2D eigenvalue weighted by atomic mass is 16.5. The largest absolute Gasteiger partial charge is 0.494 e. The van der Waals surface area contributed by atoms with E-state index in [0.29, 0.717) is 23.5 Å². The Morgan fingerprint density at radius 2 is 1.31 bits per heavy atom. The van der Waals surface area contributed by atoms with Gasteiger partial charge < -0.3 is 9.47 Å². The Hall–Kier alpha value is -3.58. The summed E-state index contributed by atoms with van der Waals surface area (Å²) < 4.78 is 11.3. The number of rotatable bonds is 11. The fourth-order valence-corrected chi connectivity index (χ4v) is 3.38. The van der Waals surface area contributed by atoms with Crippen molar-refractivity contribution >= 4 is 5.97 Å². The first-order valence-electron chi connectivity index (χ1n) is 11.2. The van der Waals surface area contributed by atoms with Crippen molar-refractivity contribution in [3.63, 3.8) is 0 Å². The minimum Gasteiger partial charge on any atom is -0.494 e. The highest BCUT2D eigenvalue weighted by molar-refractivity contribution is 5.91. The lowest BCUT2D eigenvalue weighted by Crippen LogP contribution is -2.08. The summed E-state index contributed by atoms with van der Waals surface area (Å²) in [7, 11) is 0. The second-order valence-electron chi connectivity index (χ2n) is 7.74. The summed E-state index contributed by atoms with van der Waals surface area (Å²) in [6, 6.07) is 23.9. The maximum atomic E-state index is 12.4. The van der Waals surface area contributed by atoms with Crippen molar-refractivity contribution in [2.45, 2.75) is 45.4 Å². The normalized spacial score (nSPS) is 10.4. The Morgan fingerprint density at radius 3 is 1.94 bits per heavy atom. The van der Waals surface area contributed by atoms with Gasteiger partial charge in [0.2, 0.25) is 0 Å². The molecule has 3 rings (SSSR count). The van der Waals surface area contributed by atoms with Crippen molar-refractivity contribution in [3.05, 3.63) is 83.9 Å². The molecular weight excluding hydrogens is 398 g/mol. The van der Waals surface area contributed by atoms with E-state index in [9.17, 15) is 4.79 Å². The minimum absolute atomic E-state index is 0.404. The van der Waals surface area contributed by atoms with Gasteiger partial charge in [0.05, 0.1) is 23.8 Å². The third-order valence-electron chi connectivity index (χ3n) is 5.27. The number of ether oxygens (including phenoxy) is 2. The number of carbonyl (C=O) groups excluding carboxylic acids is 1. The summed E-state index contributed by atoms with van der Waals surface area (Å²) in [6.45, 7) is 2.92. The predicted octanol–water partition coefficient (Wildman–Crippen LogP) is 7.18. The number of hydrogen-bond donors (Lipinski definition) is 0. The number of hydrogen-bond acceptors (Lipinski definition) is 4. The number of carbonyl (C=O) groups is 1. The molecule has 0 aliphatic rings. The van der Waals surface area contributed by atoms with Crippen LogP contribution >= 0.6 is 0 Å². The van der Waals surface area contributed by atoms with Gasteiger partial charge in [-0.25, -0.2) is 4.79 Å². The van der Waals surface area contributed by atoms with Crippen LogP contribution in [-0.2, 0) is 0 Å². The zero-order valence-electron chi connectivity index (χ0n) is 18.5. The Balaban J connectivity index is 1.47. The number of unbranched alkanes of at least 4 members (excludes halogenated alkanes) is 5. The molecule has 0 fully saturated rings. The lowest BCUT2D eigenvalue weighted by Gasteiger charge is -2.08. The van der Waals surface area contributed by atoms with Gasteiger partial charge in [0, 0.05) is 0 Å². The van der Waals surface area contributed by atoms with E-state index in [-0.39, 0.29) is 0 Å². The van der Waals surface area contributed by atoms with Crippen LogP contribution in [0.1, 0.15) is 61.4 Å². The van der Waals surface area contributed by atoms with E-state index in [1.807, 2.05) is 36.4 Å². The van der Waals surface area contributed by atoms with Crippen molar-refractivity contribution in [1.29, 1.82) is 5.26 Å². The molecule has 3 aromatic rings. The SMILES string of the molecule is CCCCCCCCOc1ccc(C(=O)Oc2ccc(-c3ccc(C#N)cc3)cc2)cc1. The molecule has 0 unspecified atom stereocenters. The number of nitrogens with zero attached hydrogens (tertiary/aromatic N) is 1. The molecule has 0 amide bonds. The van der Waals surface area contributed by atoms with E-state index in [1.165, 1.54) is 32.1 Å². The summed E-state index contributed by atoms with van der Waals surface area (Å²) in [5.41, 5.74) is 3.09. The van der Waals surface area contributed by atoms with Crippen molar-refractivity contribution in [3.8, 4) is 28.7 Å². The van der Waals surface area contributed by atoms with Crippen LogP contribution in [0.25, 0.3) is 11.1 Å².